The van der Waals surface area contributed by atoms with Crippen LogP contribution in [0.4, 0.5) is 5.69 Å². The van der Waals surface area contributed by atoms with Crippen LogP contribution in [0.5, 0.6) is 5.75 Å². The number of benzene rings is 2. The van der Waals surface area contributed by atoms with Gasteiger partial charge in [-0.25, -0.2) is 0 Å². The van der Waals surface area contributed by atoms with Gasteiger partial charge >= 0.3 is 0 Å². The van der Waals surface area contributed by atoms with E-state index in [1.165, 1.54) is 24.3 Å². The molecule has 0 unspecified atom stereocenters. The second kappa shape index (κ2) is 9.76. The van der Waals surface area contributed by atoms with E-state index < -0.39 is 16.7 Å². The molecule has 28 heavy (non-hydrogen) atoms. The van der Waals surface area contributed by atoms with E-state index in [0.717, 1.165) is 5.56 Å². The molecule has 2 aromatic rings. The minimum Gasteiger partial charge on any atom is -0.483 e. The molecule has 11 heteroatoms. The molecule has 2 rings (SSSR count). The third-order valence-corrected chi connectivity index (χ3v) is 4.16. The van der Waals surface area contributed by atoms with Crippen molar-refractivity contribution in [3.8, 4) is 5.75 Å². The van der Waals surface area contributed by atoms with E-state index in [0.29, 0.717) is 10.2 Å². The van der Waals surface area contributed by atoms with Crippen LogP contribution in [0.25, 0.3) is 0 Å². The number of hydrazine groups is 1. The second-order valence-corrected chi connectivity index (χ2v) is 6.72. The lowest BCUT2D eigenvalue weighted by Gasteiger charge is -2.12. The van der Waals surface area contributed by atoms with Crippen molar-refractivity contribution in [3.05, 3.63) is 68.2 Å². The van der Waals surface area contributed by atoms with Crippen LogP contribution in [0.3, 0.4) is 0 Å². The molecule has 0 bridgehead atoms. The summed E-state index contributed by atoms with van der Waals surface area (Å²) in [5.74, 6) is -0.835. The van der Waals surface area contributed by atoms with Gasteiger partial charge in [-0.3, -0.25) is 35.9 Å². The Balaban J connectivity index is 1.83. The molecule has 0 atom stereocenters. The van der Waals surface area contributed by atoms with Crippen LogP contribution in [0.2, 0.25) is 0 Å². The first-order valence-electron chi connectivity index (χ1n) is 7.80. The number of rotatable bonds is 5. The number of amides is 2. The summed E-state index contributed by atoms with van der Waals surface area (Å²) >= 11 is 8.24. The molecule has 2 aromatic carbocycles. The maximum Gasteiger partial charge on any atom is 0.282 e. The van der Waals surface area contributed by atoms with Crippen molar-refractivity contribution >= 4 is 50.8 Å². The van der Waals surface area contributed by atoms with Crippen molar-refractivity contribution in [2.75, 3.05) is 6.61 Å². The summed E-state index contributed by atoms with van der Waals surface area (Å²) < 4.78 is 6.09. The smallest absolute Gasteiger partial charge is 0.282 e. The number of nitro benzene ring substituents is 1. The van der Waals surface area contributed by atoms with Gasteiger partial charge in [0.25, 0.3) is 17.5 Å². The van der Waals surface area contributed by atoms with E-state index in [2.05, 4.69) is 32.1 Å². The molecule has 0 radical (unpaired) electrons. The Kier molecular flexibility index (Phi) is 7.41. The summed E-state index contributed by atoms with van der Waals surface area (Å²) in [4.78, 5) is 34.2. The van der Waals surface area contributed by atoms with Crippen molar-refractivity contribution < 1.29 is 19.2 Å². The predicted octanol–water partition coefficient (Wildman–Crippen LogP) is 2.38. The number of carbonyl (C=O) groups is 2. The molecule has 0 spiro atoms. The van der Waals surface area contributed by atoms with Crippen molar-refractivity contribution in [2.45, 2.75) is 6.92 Å². The lowest BCUT2D eigenvalue weighted by Crippen LogP contribution is -2.49. The van der Waals surface area contributed by atoms with E-state index in [4.69, 9.17) is 17.0 Å². The Morgan fingerprint density at radius 2 is 1.93 bits per heavy atom. The van der Waals surface area contributed by atoms with Gasteiger partial charge < -0.3 is 4.74 Å². The van der Waals surface area contributed by atoms with Gasteiger partial charge in [-0.15, -0.1) is 0 Å². The van der Waals surface area contributed by atoms with Crippen LogP contribution >= 0.6 is 28.1 Å². The fourth-order valence-corrected chi connectivity index (χ4v) is 2.84. The van der Waals surface area contributed by atoms with Crippen LogP contribution in [0.1, 0.15) is 15.9 Å². The van der Waals surface area contributed by atoms with Crippen molar-refractivity contribution in [3.63, 3.8) is 0 Å². The van der Waals surface area contributed by atoms with E-state index in [1.807, 2.05) is 19.1 Å². The largest absolute Gasteiger partial charge is 0.483 e. The molecule has 0 aliphatic carbocycles. The number of ether oxygens (including phenoxy) is 1. The van der Waals surface area contributed by atoms with Crippen molar-refractivity contribution in [2.24, 2.45) is 0 Å². The predicted molar refractivity (Wildman–Crippen MR) is 109 cm³/mol. The number of hydrogen-bond acceptors (Lipinski definition) is 6. The average molecular weight is 467 g/mol. The molecule has 9 nitrogen and oxygen atoms in total. The minimum absolute atomic E-state index is 0.151. The first-order valence-corrected chi connectivity index (χ1v) is 9.00. The summed E-state index contributed by atoms with van der Waals surface area (Å²) in [6.07, 6.45) is 0. The average Bonchev–Trinajstić information content (AvgIpc) is 2.65. The summed E-state index contributed by atoms with van der Waals surface area (Å²) in [6, 6.07) is 10.8. The van der Waals surface area contributed by atoms with Crippen LogP contribution in [-0.4, -0.2) is 28.5 Å². The van der Waals surface area contributed by atoms with Gasteiger partial charge in [0.15, 0.2) is 11.7 Å². The maximum atomic E-state index is 12.1. The molecular weight excluding hydrogens is 452 g/mol. The fraction of sp³-hybridized carbons (Fsp3) is 0.118. The van der Waals surface area contributed by atoms with Crippen LogP contribution in [-0.2, 0) is 4.79 Å². The number of para-hydroxylation sites is 1. The molecule has 0 fully saturated rings. The molecule has 0 saturated heterocycles. The monoisotopic (exact) mass is 466 g/mol. The highest BCUT2D eigenvalue weighted by atomic mass is 79.9. The SMILES string of the molecule is Cc1ccc(OCC(=O)NC(=S)NNC(=O)c2ccccc2[N+](=O)[O-])c(Br)c1. The van der Waals surface area contributed by atoms with E-state index in [9.17, 15) is 19.7 Å². The van der Waals surface area contributed by atoms with Gasteiger partial charge in [-0.1, -0.05) is 18.2 Å². The Labute approximate surface area is 173 Å². The summed E-state index contributed by atoms with van der Waals surface area (Å²) in [5.41, 5.74) is 5.03. The topological polar surface area (TPSA) is 123 Å². The quantitative estimate of drug-likeness (QED) is 0.351. The molecule has 2 amide bonds. The summed E-state index contributed by atoms with van der Waals surface area (Å²) in [7, 11) is 0. The third-order valence-electron chi connectivity index (χ3n) is 3.33. The number of nitrogens with one attached hydrogen (secondary N) is 3. The number of nitro groups is 1. The molecule has 0 aromatic heterocycles. The number of halogens is 1. The molecule has 0 aliphatic heterocycles. The summed E-state index contributed by atoms with van der Waals surface area (Å²) in [6.45, 7) is 1.62. The lowest BCUT2D eigenvalue weighted by atomic mass is 10.2. The van der Waals surface area contributed by atoms with Gasteiger partial charge in [0.1, 0.15) is 11.3 Å². The zero-order valence-electron chi connectivity index (χ0n) is 14.5. The van der Waals surface area contributed by atoms with Crippen LogP contribution < -0.4 is 20.9 Å². The Morgan fingerprint density at radius 3 is 2.61 bits per heavy atom. The standard InChI is InChI=1S/C17H15BrN4O5S/c1-10-6-7-14(12(18)8-10)27-9-15(23)19-17(28)21-20-16(24)11-4-2-3-5-13(11)22(25)26/h2-8H,9H2,1H3,(H,20,24)(H2,19,21,23,28). The van der Waals surface area contributed by atoms with E-state index >= 15 is 0 Å². The number of hydrogen-bond donors (Lipinski definition) is 3. The van der Waals surface area contributed by atoms with E-state index in [1.54, 1.807) is 6.07 Å². The molecule has 3 N–H and O–H groups in total. The zero-order valence-corrected chi connectivity index (χ0v) is 16.9. The van der Waals surface area contributed by atoms with Gasteiger partial charge in [0, 0.05) is 6.07 Å². The van der Waals surface area contributed by atoms with Gasteiger partial charge in [0.05, 0.1) is 9.40 Å². The first kappa shape index (κ1) is 21.3. The molecule has 0 saturated carbocycles. The highest BCUT2D eigenvalue weighted by Crippen LogP contribution is 2.25. The van der Waals surface area contributed by atoms with Crippen molar-refractivity contribution in [1.82, 2.24) is 16.2 Å². The number of nitrogens with zero attached hydrogens (tertiary/aromatic N) is 1. The van der Waals surface area contributed by atoms with Gasteiger partial charge in [0.2, 0.25) is 0 Å². The third kappa shape index (κ3) is 5.99. The van der Waals surface area contributed by atoms with E-state index in [-0.39, 0.29) is 23.0 Å². The lowest BCUT2D eigenvalue weighted by molar-refractivity contribution is -0.385. The highest BCUT2D eigenvalue weighted by molar-refractivity contribution is 9.10. The Bertz CT molecular complexity index is 938. The van der Waals surface area contributed by atoms with Crippen LogP contribution in [0.15, 0.2) is 46.9 Å². The van der Waals surface area contributed by atoms with Gasteiger partial charge in [-0.2, -0.15) is 0 Å². The van der Waals surface area contributed by atoms with Crippen molar-refractivity contribution in [1.29, 1.82) is 0 Å². The zero-order chi connectivity index (χ0) is 20.7. The Morgan fingerprint density at radius 1 is 1.21 bits per heavy atom. The normalized spacial score (nSPS) is 9.93. The maximum absolute atomic E-state index is 12.1. The van der Waals surface area contributed by atoms with Gasteiger partial charge in [-0.05, 0) is 58.8 Å². The molecule has 0 heterocycles. The summed E-state index contributed by atoms with van der Waals surface area (Å²) in [5, 5.41) is 13.1. The van der Waals surface area contributed by atoms with Crippen LogP contribution in [0, 0.1) is 17.0 Å². The fourth-order valence-electron chi connectivity index (χ4n) is 2.07. The minimum atomic E-state index is -0.774. The Hall–Kier alpha value is -3.05. The number of thiocarbonyl (C=S) groups is 1. The second-order valence-electron chi connectivity index (χ2n) is 5.45. The highest BCUT2D eigenvalue weighted by Gasteiger charge is 2.19. The number of aryl methyl sites for hydroxylation is 1. The number of carbonyl (C=O) groups excluding carboxylic acids is 2. The molecule has 146 valence electrons. The first-order chi connectivity index (χ1) is 13.3. The molecule has 0 aliphatic rings. The molecular formula is C17H15BrN4O5S.